The minimum Gasteiger partial charge on any atom is -0.345 e. The Kier molecular flexibility index (Phi) is 3.62. The molecule has 0 N–H and O–H groups in total. The van der Waals surface area contributed by atoms with E-state index in [4.69, 9.17) is 0 Å². The smallest absolute Gasteiger partial charge is 0.244 e. The number of anilines is 1. The lowest BCUT2D eigenvalue weighted by molar-refractivity contribution is -0.132. The maximum absolute atomic E-state index is 12.2. The molecule has 0 bridgehead atoms. The molecule has 0 unspecified atom stereocenters. The zero-order valence-electron chi connectivity index (χ0n) is 12.4. The number of amides is 1. The summed E-state index contributed by atoms with van der Waals surface area (Å²) in [5.74, 6) is 0.0428. The van der Waals surface area contributed by atoms with Crippen LogP contribution in [0.3, 0.4) is 0 Å². The molecule has 2 aromatic heterocycles. The lowest BCUT2D eigenvalue weighted by Crippen LogP contribution is -2.49. The molecule has 0 aliphatic carbocycles. The molecule has 118 valence electrons. The van der Waals surface area contributed by atoms with Crippen molar-refractivity contribution in [1.29, 1.82) is 0 Å². The minimum atomic E-state index is 0.0428. The molecule has 9 heteroatoms. The molecule has 4 rings (SSSR count). The number of hydrogen-bond acceptors (Lipinski definition) is 7. The first-order valence-corrected chi connectivity index (χ1v) is 8.20. The second-order valence-electron chi connectivity index (χ2n) is 5.34. The van der Waals surface area contributed by atoms with Crippen LogP contribution in [-0.4, -0.2) is 62.2 Å². The minimum absolute atomic E-state index is 0.0428. The number of thiazole rings is 1. The first kappa shape index (κ1) is 14.1. The van der Waals surface area contributed by atoms with Crippen LogP contribution in [0.2, 0.25) is 0 Å². The molecular weight excluding hydrogens is 314 g/mol. The Balaban J connectivity index is 1.39. The second-order valence-corrected chi connectivity index (χ2v) is 6.35. The van der Waals surface area contributed by atoms with Crippen molar-refractivity contribution in [1.82, 2.24) is 30.1 Å². The van der Waals surface area contributed by atoms with Gasteiger partial charge in [-0.3, -0.25) is 4.79 Å². The molecule has 0 atom stereocenters. The van der Waals surface area contributed by atoms with Crippen molar-refractivity contribution >= 4 is 32.6 Å². The largest absolute Gasteiger partial charge is 0.345 e. The molecule has 1 aromatic carbocycles. The van der Waals surface area contributed by atoms with Gasteiger partial charge in [0.2, 0.25) is 5.91 Å². The van der Waals surface area contributed by atoms with E-state index in [-0.39, 0.29) is 12.5 Å². The van der Waals surface area contributed by atoms with Gasteiger partial charge in [0.25, 0.3) is 0 Å². The van der Waals surface area contributed by atoms with Gasteiger partial charge in [0.15, 0.2) is 5.13 Å². The Morgan fingerprint density at radius 3 is 2.74 bits per heavy atom. The van der Waals surface area contributed by atoms with Crippen molar-refractivity contribution in [3.8, 4) is 0 Å². The first-order valence-electron chi connectivity index (χ1n) is 7.39. The number of fused-ring (bicyclic) bond motifs is 1. The zero-order valence-corrected chi connectivity index (χ0v) is 13.2. The fourth-order valence-corrected chi connectivity index (χ4v) is 3.65. The maximum atomic E-state index is 12.2. The van der Waals surface area contributed by atoms with E-state index < -0.39 is 0 Å². The molecule has 0 saturated carbocycles. The van der Waals surface area contributed by atoms with E-state index >= 15 is 0 Å². The average molecular weight is 329 g/mol. The van der Waals surface area contributed by atoms with Crippen LogP contribution in [-0.2, 0) is 11.3 Å². The van der Waals surface area contributed by atoms with Crippen LogP contribution >= 0.6 is 11.3 Å². The van der Waals surface area contributed by atoms with Crippen molar-refractivity contribution in [3.05, 3.63) is 30.6 Å². The summed E-state index contributed by atoms with van der Waals surface area (Å²) in [6.07, 6.45) is 1.45. The normalized spacial score (nSPS) is 15.3. The van der Waals surface area contributed by atoms with Gasteiger partial charge >= 0.3 is 0 Å². The summed E-state index contributed by atoms with van der Waals surface area (Å²) in [7, 11) is 0. The number of carbonyl (C=O) groups excluding carboxylic acids is 1. The highest BCUT2D eigenvalue weighted by atomic mass is 32.1. The van der Waals surface area contributed by atoms with Crippen molar-refractivity contribution in [2.75, 3.05) is 31.1 Å². The Morgan fingerprint density at radius 2 is 2.00 bits per heavy atom. The number of hydrogen-bond donors (Lipinski definition) is 0. The number of carbonyl (C=O) groups is 1. The van der Waals surface area contributed by atoms with Crippen molar-refractivity contribution in [3.63, 3.8) is 0 Å². The number of piperazine rings is 1. The third-order valence-electron chi connectivity index (χ3n) is 3.87. The van der Waals surface area contributed by atoms with Crippen molar-refractivity contribution in [2.24, 2.45) is 0 Å². The van der Waals surface area contributed by atoms with E-state index in [2.05, 4.69) is 31.5 Å². The molecule has 3 heterocycles. The molecule has 1 amide bonds. The van der Waals surface area contributed by atoms with Crippen LogP contribution in [0, 0.1) is 0 Å². The molecule has 0 spiro atoms. The number of nitrogens with zero attached hydrogens (tertiary/aromatic N) is 7. The van der Waals surface area contributed by atoms with Crippen LogP contribution in [0.4, 0.5) is 5.13 Å². The summed E-state index contributed by atoms with van der Waals surface area (Å²) in [5.41, 5.74) is 1.03. The van der Waals surface area contributed by atoms with E-state index in [1.807, 2.05) is 23.1 Å². The van der Waals surface area contributed by atoms with E-state index in [9.17, 15) is 4.79 Å². The summed E-state index contributed by atoms with van der Waals surface area (Å²) < 4.78 is 2.64. The molecule has 1 fully saturated rings. The number of rotatable bonds is 3. The molecule has 23 heavy (non-hydrogen) atoms. The standard InChI is InChI=1S/C14H15N7OS/c22-13(9-21-10-15-17-18-21)19-5-7-20(8-6-19)14-16-11-3-1-2-4-12(11)23-14/h1-4,10H,5-9H2. The lowest BCUT2D eigenvalue weighted by atomic mass is 10.3. The fraction of sp³-hybridized carbons (Fsp3) is 0.357. The number of para-hydroxylation sites is 1. The number of aromatic nitrogens is 5. The van der Waals surface area contributed by atoms with Gasteiger partial charge in [-0.25, -0.2) is 9.67 Å². The highest BCUT2D eigenvalue weighted by Gasteiger charge is 2.23. The van der Waals surface area contributed by atoms with Gasteiger partial charge < -0.3 is 9.80 Å². The third kappa shape index (κ3) is 2.87. The SMILES string of the molecule is O=C(Cn1cnnn1)N1CCN(c2nc3ccccc3s2)CC1. The van der Waals surface area contributed by atoms with Crippen LogP contribution < -0.4 is 4.90 Å². The van der Waals surface area contributed by atoms with Gasteiger partial charge in [-0.15, -0.1) is 5.10 Å². The van der Waals surface area contributed by atoms with Crippen molar-refractivity contribution in [2.45, 2.75) is 6.54 Å². The van der Waals surface area contributed by atoms with E-state index in [0.29, 0.717) is 13.1 Å². The van der Waals surface area contributed by atoms with Gasteiger partial charge in [0.05, 0.1) is 10.2 Å². The molecule has 8 nitrogen and oxygen atoms in total. The number of benzene rings is 1. The predicted molar refractivity (Wildman–Crippen MR) is 86.2 cm³/mol. The maximum Gasteiger partial charge on any atom is 0.244 e. The highest BCUT2D eigenvalue weighted by Crippen LogP contribution is 2.29. The molecular formula is C14H15N7OS. The van der Waals surface area contributed by atoms with Gasteiger partial charge in [0, 0.05) is 26.2 Å². The average Bonchev–Trinajstić information content (AvgIpc) is 3.24. The van der Waals surface area contributed by atoms with Gasteiger partial charge in [-0.2, -0.15) is 0 Å². The Hall–Kier alpha value is -2.55. The van der Waals surface area contributed by atoms with Crippen LogP contribution in [0.15, 0.2) is 30.6 Å². The van der Waals surface area contributed by atoms with Gasteiger partial charge in [-0.1, -0.05) is 23.5 Å². The topological polar surface area (TPSA) is 80.0 Å². The highest BCUT2D eigenvalue weighted by molar-refractivity contribution is 7.22. The Morgan fingerprint density at radius 1 is 1.17 bits per heavy atom. The summed E-state index contributed by atoms with van der Waals surface area (Å²) in [4.78, 5) is 21.0. The lowest BCUT2D eigenvalue weighted by Gasteiger charge is -2.34. The Bertz CT molecular complexity index is 775. The van der Waals surface area contributed by atoms with Crippen LogP contribution in [0.1, 0.15) is 0 Å². The van der Waals surface area contributed by atoms with E-state index in [1.54, 1.807) is 11.3 Å². The Labute approximate surface area is 136 Å². The molecule has 1 saturated heterocycles. The van der Waals surface area contributed by atoms with Crippen LogP contribution in [0.25, 0.3) is 10.2 Å². The molecule has 3 aromatic rings. The fourth-order valence-electron chi connectivity index (χ4n) is 2.63. The zero-order chi connectivity index (χ0) is 15.6. The number of tetrazole rings is 1. The summed E-state index contributed by atoms with van der Waals surface area (Å²) in [6.45, 7) is 3.16. The molecule has 1 aliphatic heterocycles. The molecule has 1 aliphatic rings. The van der Waals surface area contributed by atoms with E-state index in [1.165, 1.54) is 15.7 Å². The van der Waals surface area contributed by atoms with Gasteiger partial charge in [-0.05, 0) is 22.6 Å². The monoisotopic (exact) mass is 329 g/mol. The third-order valence-corrected chi connectivity index (χ3v) is 4.97. The predicted octanol–water partition coefficient (Wildman–Crippen LogP) is 0.632. The second kappa shape index (κ2) is 5.92. The van der Waals surface area contributed by atoms with E-state index in [0.717, 1.165) is 23.7 Å². The first-order chi connectivity index (χ1) is 11.3. The van der Waals surface area contributed by atoms with Gasteiger partial charge in [0.1, 0.15) is 12.9 Å². The van der Waals surface area contributed by atoms with Crippen LogP contribution in [0.5, 0.6) is 0 Å². The quantitative estimate of drug-likeness (QED) is 0.701. The summed E-state index contributed by atoms with van der Waals surface area (Å²) >= 11 is 1.70. The summed E-state index contributed by atoms with van der Waals surface area (Å²) in [5, 5.41) is 11.8. The summed E-state index contributed by atoms with van der Waals surface area (Å²) in [6, 6.07) is 8.14. The molecule has 0 radical (unpaired) electrons. The van der Waals surface area contributed by atoms with Crippen molar-refractivity contribution < 1.29 is 4.79 Å².